The Morgan fingerprint density at radius 1 is 1.53 bits per heavy atom. The number of benzene rings is 1. The Morgan fingerprint density at radius 2 is 2.27 bits per heavy atom. The predicted molar refractivity (Wildman–Crippen MR) is 64.1 cm³/mol. The number of nitrogens with one attached hydrogen (secondary N) is 1. The van der Waals surface area contributed by atoms with Crippen molar-refractivity contribution in [2.45, 2.75) is 32.7 Å². The lowest BCUT2D eigenvalue weighted by Crippen LogP contribution is -2.17. The summed E-state index contributed by atoms with van der Waals surface area (Å²) in [6, 6.07) is 8.24. The molecule has 0 heterocycles. The van der Waals surface area contributed by atoms with Crippen molar-refractivity contribution in [1.29, 1.82) is 5.26 Å². The van der Waals surface area contributed by atoms with Crippen LogP contribution in [-0.2, 0) is 0 Å². The van der Waals surface area contributed by atoms with E-state index in [4.69, 9.17) is 16.9 Å². The largest absolute Gasteiger partial charge is 0.381 e. The van der Waals surface area contributed by atoms with Crippen molar-refractivity contribution in [1.82, 2.24) is 0 Å². The van der Waals surface area contributed by atoms with Gasteiger partial charge in [0.1, 0.15) is 0 Å². The zero-order valence-corrected chi connectivity index (χ0v) is 9.80. The number of rotatable bonds is 4. The highest BCUT2D eigenvalue weighted by atomic mass is 35.5. The Bertz CT molecular complexity index is 368. The van der Waals surface area contributed by atoms with Crippen LogP contribution in [0.1, 0.15) is 25.3 Å². The highest BCUT2D eigenvalue weighted by Gasteiger charge is 2.05. The Balaban J connectivity index is 2.71. The summed E-state index contributed by atoms with van der Waals surface area (Å²) in [6.45, 7) is 4.03. The lowest BCUT2D eigenvalue weighted by molar-refractivity contribution is 0.711. The summed E-state index contributed by atoms with van der Waals surface area (Å²) in [6.07, 6.45) is 1.45. The van der Waals surface area contributed by atoms with E-state index in [1.807, 2.05) is 25.1 Å². The second-order valence-electron chi connectivity index (χ2n) is 3.58. The summed E-state index contributed by atoms with van der Waals surface area (Å²) in [7, 11) is 0. The van der Waals surface area contributed by atoms with E-state index in [1.54, 1.807) is 0 Å². The Kier molecular flexibility index (Phi) is 4.45. The molecule has 1 rings (SSSR count). The average molecular weight is 223 g/mol. The SMILES string of the molecule is CCC(CC#N)Nc1ccc(C)c(Cl)c1. The molecule has 0 spiro atoms. The van der Waals surface area contributed by atoms with Crippen molar-refractivity contribution in [2.75, 3.05) is 5.32 Å². The third-order valence-corrected chi connectivity index (χ3v) is 2.78. The van der Waals surface area contributed by atoms with Crippen LogP contribution in [0.5, 0.6) is 0 Å². The maximum Gasteiger partial charge on any atom is 0.0643 e. The molecular weight excluding hydrogens is 208 g/mol. The van der Waals surface area contributed by atoms with Gasteiger partial charge in [-0.15, -0.1) is 0 Å². The van der Waals surface area contributed by atoms with E-state index in [0.29, 0.717) is 6.42 Å². The Morgan fingerprint density at radius 3 is 2.80 bits per heavy atom. The van der Waals surface area contributed by atoms with E-state index in [0.717, 1.165) is 22.7 Å². The van der Waals surface area contributed by atoms with Crippen LogP contribution < -0.4 is 5.32 Å². The highest BCUT2D eigenvalue weighted by Crippen LogP contribution is 2.21. The van der Waals surface area contributed by atoms with Crippen molar-refractivity contribution in [2.24, 2.45) is 0 Å². The van der Waals surface area contributed by atoms with E-state index >= 15 is 0 Å². The van der Waals surface area contributed by atoms with Gasteiger partial charge in [0.15, 0.2) is 0 Å². The molecular formula is C12H15ClN2. The summed E-state index contributed by atoms with van der Waals surface area (Å²) >= 11 is 6.01. The van der Waals surface area contributed by atoms with E-state index in [1.165, 1.54) is 0 Å². The van der Waals surface area contributed by atoms with Gasteiger partial charge in [0, 0.05) is 16.8 Å². The van der Waals surface area contributed by atoms with Gasteiger partial charge in [0.25, 0.3) is 0 Å². The number of anilines is 1. The molecule has 80 valence electrons. The number of halogens is 1. The Hall–Kier alpha value is -1.20. The van der Waals surface area contributed by atoms with Gasteiger partial charge in [-0.1, -0.05) is 24.6 Å². The molecule has 0 saturated heterocycles. The molecule has 0 fully saturated rings. The lowest BCUT2D eigenvalue weighted by atomic mass is 10.1. The van der Waals surface area contributed by atoms with Crippen LogP contribution in [0, 0.1) is 18.3 Å². The van der Waals surface area contributed by atoms with Crippen LogP contribution in [0.15, 0.2) is 18.2 Å². The van der Waals surface area contributed by atoms with Gasteiger partial charge < -0.3 is 5.32 Å². The molecule has 0 aliphatic carbocycles. The first kappa shape index (κ1) is 11.9. The minimum atomic E-state index is 0.203. The maximum absolute atomic E-state index is 8.63. The van der Waals surface area contributed by atoms with E-state index in [2.05, 4.69) is 18.3 Å². The zero-order valence-electron chi connectivity index (χ0n) is 9.05. The minimum absolute atomic E-state index is 0.203. The average Bonchev–Trinajstić information content (AvgIpc) is 2.23. The fraction of sp³-hybridized carbons (Fsp3) is 0.417. The van der Waals surface area contributed by atoms with Crippen LogP contribution in [0.2, 0.25) is 5.02 Å². The standard InChI is InChI=1S/C12H15ClN2/c1-3-10(6-7-14)15-11-5-4-9(2)12(13)8-11/h4-5,8,10,15H,3,6H2,1-2H3. The van der Waals surface area contributed by atoms with Crippen LogP contribution in [0.4, 0.5) is 5.69 Å². The second-order valence-corrected chi connectivity index (χ2v) is 3.98. The van der Waals surface area contributed by atoms with Crippen molar-refractivity contribution in [3.63, 3.8) is 0 Å². The molecule has 1 aromatic carbocycles. The summed E-state index contributed by atoms with van der Waals surface area (Å²) in [5.74, 6) is 0. The molecule has 0 aliphatic heterocycles. The van der Waals surface area contributed by atoms with Gasteiger partial charge in [-0.05, 0) is 31.0 Å². The fourth-order valence-electron chi connectivity index (χ4n) is 1.33. The molecule has 2 nitrogen and oxygen atoms in total. The van der Waals surface area contributed by atoms with Crippen LogP contribution in [0.25, 0.3) is 0 Å². The van der Waals surface area contributed by atoms with Crippen molar-refractivity contribution < 1.29 is 0 Å². The summed E-state index contributed by atoms with van der Waals surface area (Å²) < 4.78 is 0. The maximum atomic E-state index is 8.63. The molecule has 0 aromatic heterocycles. The van der Waals surface area contributed by atoms with Gasteiger partial charge in [-0.2, -0.15) is 5.26 Å². The first-order chi connectivity index (χ1) is 7.17. The van der Waals surface area contributed by atoms with Crippen molar-refractivity contribution in [3.05, 3.63) is 28.8 Å². The topological polar surface area (TPSA) is 35.8 Å². The molecule has 1 atom stereocenters. The van der Waals surface area contributed by atoms with Crippen molar-refractivity contribution in [3.8, 4) is 6.07 Å². The molecule has 0 saturated carbocycles. The fourth-order valence-corrected chi connectivity index (χ4v) is 1.51. The Labute approximate surface area is 95.9 Å². The molecule has 0 aliphatic rings. The zero-order chi connectivity index (χ0) is 11.3. The van der Waals surface area contributed by atoms with Gasteiger partial charge in [-0.3, -0.25) is 0 Å². The molecule has 1 aromatic rings. The molecule has 0 radical (unpaired) electrons. The first-order valence-electron chi connectivity index (χ1n) is 5.07. The quantitative estimate of drug-likeness (QED) is 0.842. The van der Waals surface area contributed by atoms with Gasteiger partial charge in [-0.25, -0.2) is 0 Å². The summed E-state index contributed by atoms with van der Waals surface area (Å²) in [4.78, 5) is 0. The highest BCUT2D eigenvalue weighted by molar-refractivity contribution is 6.31. The summed E-state index contributed by atoms with van der Waals surface area (Å²) in [5.41, 5.74) is 2.04. The molecule has 1 N–H and O–H groups in total. The molecule has 0 bridgehead atoms. The van der Waals surface area contributed by atoms with E-state index < -0.39 is 0 Å². The lowest BCUT2D eigenvalue weighted by Gasteiger charge is -2.15. The minimum Gasteiger partial charge on any atom is -0.381 e. The van der Waals surface area contributed by atoms with Crippen molar-refractivity contribution >= 4 is 17.3 Å². The smallest absolute Gasteiger partial charge is 0.0643 e. The molecule has 1 unspecified atom stereocenters. The number of nitriles is 1. The third kappa shape index (κ3) is 3.45. The van der Waals surface area contributed by atoms with Gasteiger partial charge in [0.05, 0.1) is 12.5 Å². The summed E-state index contributed by atoms with van der Waals surface area (Å²) in [5, 5.41) is 12.7. The first-order valence-corrected chi connectivity index (χ1v) is 5.44. The van der Waals surface area contributed by atoms with Crippen LogP contribution in [-0.4, -0.2) is 6.04 Å². The predicted octanol–water partition coefficient (Wildman–Crippen LogP) is 3.75. The van der Waals surface area contributed by atoms with E-state index in [9.17, 15) is 0 Å². The van der Waals surface area contributed by atoms with E-state index in [-0.39, 0.29) is 6.04 Å². The normalized spacial score (nSPS) is 11.9. The van der Waals surface area contributed by atoms with Crippen LogP contribution >= 0.6 is 11.6 Å². The molecule has 0 amide bonds. The molecule has 15 heavy (non-hydrogen) atoms. The number of hydrogen-bond donors (Lipinski definition) is 1. The third-order valence-electron chi connectivity index (χ3n) is 2.37. The number of hydrogen-bond acceptors (Lipinski definition) is 2. The second kappa shape index (κ2) is 5.63. The molecule has 3 heteroatoms. The number of aryl methyl sites for hydroxylation is 1. The monoisotopic (exact) mass is 222 g/mol. The van der Waals surface area contributed by atoms with Gasteiger partial charge in [0.2, 0.25) is 0 Å². The number of nitrogens with zero attached hydrogens (tertiary/aromatic N) is 1. The van der Waals surface area contributed by atoms with Gasteiger partial charge >= 0.3 is 0 Å². The van der Waals surface area contributed by atoms with Crippen LogP contribution in [0.3, 0.4) is 0 Å².